The maximum absolute atomic E-state index is 12.3. The Kier molecular flexibility index (Phi) is 6.76. The number of carbonyl (C=O) groups excluding carboxylic acids is 1. The van der Waals surface area contributed by atoms with Gasteiger partial charge in [-0.25, -0.2) is 9.97 Å². The fraction of sp³-hybridized carbons (Fsp3) is 0.261. The van der Waals surface area contributed by atoms with Gasteiger partial charge in [0.25, 0.3) is 0 Å². The predicted octanol–water partition coefficient (Wildman–Crippen LogP) is 3.24. The smallest absolute Gasteiger partial charge is 0.457 e. The number of alkyl halides is 3. The number of primary amides is 1. The molecule has 1 fully saturated rings. The third kappa shape index (κ3) is 5.97. The second-order valence-electron chi connectivity index (χ2n) is 7.82. The lowest BCUT2D eigenvalue weighted by Gasteiger charge is -2.23. The van der Waals surface area contributed by atoms with Gasteiger partial charge in [-0.15, -0.1) is 13.2 Å². The predicted molar refractivity (Wildman–Crippen MR) is 119 cm³/mol. The number of aromatic nitrogens is 2. The summed E-state index contributed by atoms with van der Waals surface area (Å²) in [5.41, 5.74) is 12.5. The highest BCUT2D eigenvalue weighted by Crippen LogP contribution is 2.30. The minimum atomic E-state index is -4.77. The zero-order valence-corrected chi connectivity index (χ0v) is 18.3. The van der Waals surface area contributed by atoms with Gasteiger partial charge in [0, 0.05) is 12.1 Å². The van der Waals surface area contributed by atoms with E-state index in [1.54, 1.807) is 35.2 Å². The van der Waals surface area contributed by atoms with Crippen LogP contribution in [-0.2, 0) is 4.79 Å². The Labute approximate surface area is 198 Å². The van der Waals surface area contributed by atoms with Gasteiger partial charge in [-0.2, -0.15) is 0 Å². The van der Waals surface area contributed by atoms with Gasteiger partial charge in [-0.3, -0.25) is 4.79 Å². The van der Waals surface area contributed by atoms with E-state index in [0.29, 0.717) is 35.7 Å². The number of hydrogen-bond acceptors (Lipinski definition) is 8. The molecule has 1 amide bonds. The van der Waals surface area contributed by atoms with Crippen LogP contribution in [0, 0.1) is 0 Å². The van der Waals surface area contributed by atoms with E-state index in [-0.39, 0.29) is 17.4 Å². The van der Waals surface area contributed by atoms with Crippen molar-refractivity contribution < 1.29 is 32.5 Å². The van der Waals surface area contributed by atoms with Crippen molar-refractivity contribution in [3.63, 3.8) is 0 Å². The zero-order chi connectivity index (χ0) is 25.2. The van der Waals surface area contributed by atoms with Crippen molar-refractivity contribution in [1.29, 1.82) is 0 Å². The Bertz CT molecular complexity index is 1190. The standard InChI is InChI=1S/C23H22F3N5O4/c24-23(25,26)35-16-9-7-15(8-10-16)34-14-5-3-13(4-6-14)17-12-18(20(27)32)30-22(29-17)31-11-1-2-19(31)21(28)33/h3-10,12,19-20,32H,1-2,11,27H2,(H2,28,33)/t19-,20-/m0/s1. The summed E-state index contributed by atoms with van der Waals surface area (Å²) in [6.07, 6.45) is -4.79. The molecule has 4 rings (SSSR count). The lowest BCUT2D eigenvalue weighted by atomic mass is 10.1. The molecule has 3 aromatic rings. The summed E-state index contributed by atoms with van der Waals surface area (Å²) in [5.74, 6) is 0.154. The summed E-state index contributed by atoms with van der Waals surface area (Å²) in [6.45, 7) is 0.538. The molecule has 1 aromatic heterocycles. The largest absolute Gasteiger partial charge is 0.573 e. The molecule has 5 N–H and O–H groups in total. The maximum Gasteiger partial charge on any atom is 0.573 e. The van der Waals surface area contributed by atoms with Crippen LogP contribution in [0.2, 0.25) is 0 Å². The first kappa shape index (κ1) is 24.2. The van der Waals surface area contributed by atoms with Crippen LogP contribution in [0.3, 0.4) is 0 Å². The van der Waals surface area contributed by atoms with Crippen molar-refractivity contribution in [2.24, 2.45) is 11.5 Å². The zero-order valence-electron chi connectivity index (χ0n) is 18.3. The second kappa shape index (κ2) is 9.76. The third-order valence-electron chi connectivity index (χ3n) is 5.32. The Morgan fingerprint density at radius 2 is 1.66 bits per heavy atom. The monoisotopic (exact) mass is 489 g/mol. The van der Waals surface area contributed by atoms with Crippen LogP contribution >= 0.6 is 0 Å². The lowest BCUT2D eigenvalue weighted by molar-refractivity contribution is -0.274. The van der Waals surface area contributed by atoms with E-state index in [1.165, 1.54) is 12.1 Å². The van der Waals surface area contributed by atoms with E-state index in [9.17, 15) is 23.1 Å². The van der Waals surface area contributed by atoms with Gasteiger partial charge in [0.2, 0.25) is 11.9 Å². The van der Waals surface area contributed by atoms with E-state index in [0.717, 1.165) is 18.6 Å². The van der Waals surface area contributed by atoms with Crippen LogP contribution in [0.25, 0.3) is 11.3 Å². The van der Waals surface area contributed by atoms with Gasteiger partial charge in [0.05, 0.1) is 11.4 Å². The number of benzene rings is 2. The number of hydrogen-bond donors (Lipinski definition) is 3. The van der Waals surface area contributed by atoms with Gasteiger partial charge >= 0.3 is 6.36 Å². The molecule has 1 saturated heterocycles. The van der Waals surface area contributed by atoms with Gasteiger partial charge in [0.1, 0.15) is 29.5 Å². The minimum absolute atomic E-state index is 0.182. The number of rotatable bonds is 7. The Morgan fingerprint density at radius 1 is 1.06 bits per heavy atom. The van der Waals surface area contributed by atoms with Crippen LogP contribution in [-0.4, -0.2) is 39.9 Å². The molecule has 12 heteroatoms. The van der Waals surface area contributed by atoms with Crippen LogP contribution in [0.5, 0.6) is 17.2 Å². The fourth-order valence-corrected chi connectivity index (χ4v) is 3.72. The summed E-state index contributed by atoms with van der Waals surface area (Å²) in [4.78, 5) is 22.4. The molecule has 0 unspecified atom stereocenters. The van der Waals surface area contributed by atoms with Gasteiger partial charge in [0.15, 0.2) is 0 Å². The molecule has 0 radical (unpaired) electrons. The SMILES string of the molecule is NC(=O)[C@@H]1CCCN1c1nc(-c2ccc(Oc3ccc(OC(F)(F)F)cc3)cc2)cc([C@@H](N)O)n1. The molecule has 184 valence electrons. The maximum atomic E-state index is 12.3. The highest BCUT2D eigenvalue weighted by molar-refractivity contribution is 5.83. The number of amides is 1. The number of anilines is 1. The van der Waals surface area contributed by atoms with E-state index >= 15 is 0 Å². The summed E-state index contributed by atoms with van der Waals surface area (Å²) in [6, 6.07) is 12.7. The average Bonchev–Trinajstić information content (AvgIpc) is 3.30. The molecule has 0 spiro atoms. The average molecular weight is 489 g/mol. The summed E-state index contributed by atoms with van der Waals surface area (Å²) in [5, 5.41) is 9.91. The summed E-state index contributed by atoms with van der Waals surface area (Å²) < 4.78 is 46.4. The first-order valence-electron chi connectivity index (χ1n) is 10.6. The number of nitrogens with zero attached hydrogens (tertiary/aromatic N) is 3. The molecule has 0 bridgehead atoms. The van der Waals surface area contributed by atoms with Crippen molar-refractivity contribution in [2.75, 3.05) is 11.4 Å². The van der Waals surface area contributed by atoms with Crippen LogP contribution in [0.4, 0.5) is 19.1 Å². The molecule has 2 aromatic carbocycles. The van der Waals surface area contributed by atoms with Crippen LogP contribution in [0.15, 0.2) is 54.6 Å². The topological polar surface area (TPSA) is 137 Å². The van der Waals surface area contributed by atoms with Gasteiger partial charge in [-0.1, -0.05) is 0 Å². The molecular formula is C23H22F3N5O4. The van der Waals surface area contributed by atoms with Crippen LogP contribution in [0.1, 0.15) is 24.8 Å². The molecule has 1 aliphatic rings. The molecule has 0 saturated carbocycles. The quantitative estimate of drug-likeness (QED) is 0.430. The van der Waals surface area contributed by atoms with E-state index in [2.05, 4.69) is 14.7 Å². The number of aliphatic hydroxyl groups is 1. The number of ether oxygens (including phenoxy) is 2. The number of halogens is 3. The highest BCUT2D eigenvalue weighted by atomic mass is 19.4. The normalized spacial score (nSPS) is 16.7. The third-order valence-corrected chi connectivity index (χ3v) is 5.32. The second-order valence-corrected chi connectivity index (χ2v) is 7.82. The molecule has 1 aliphatic heterocycles. The highest BCUT2D eigenvalue weighted by Gasteiger charge is 2.32. The van der Waals surface area contributed by atoms with Crippen molar-refractivity contribution in [3.8, 4) is 28.5 Å². The van der Waals surface area contributed by atoms with Crippen LogP contribution < -0.4 is 25.8 Å². The Morgan fingerprint density at radius 3 is 2.23 bits per heavy atom. The minimum Gasteiger partial charge on any atom is -0.457 e. The number of nitrogens with two attached hydrogens (primary N) is 2. The summed E-state index contributed by atoms with van der Waals surface area (Å²) >= 11 is 0. The molecule has 2 atom stereocenters. The Balaban J connectivity index is 1.54. The van der Waals surface area contributed by atoms with Crippen molar-refractivity contribution in [1.82, 2.24) is 9.97 Å². The van der Waals surface area contributed by atoms with E-state index in [1.807, 2.05) is 0 Å². The molecular weight excluding hydrogens is 467 g/mol. The van der Waals surface area contributed by atoms with Gasteiger partial charge in [-0.05, 0) is 67.4 Å². The molecule has 2 heterocycles. The molecule has 9 nitrogen and oxygen atoms in total. The first-order valence-corrected chi connectivity index (χ1v) is 10.6. The van der Waals surface area contributed by atoms with E-state index < -0.39 is 24.5 Å². The van der Waals surface area contributed by atoms with Crippen molar-refractivity contribution in [3.05, 3.63) is 60.3 Å². The first-order chi connectivity index (χ1) is 16.6. The molecule has 35 heavy (non-hydrogen) atoms. The fourth-order valence-electron chi connectivity index (χ4n) is 3.72. The number of carbonyl (C=O) groups is 1. The van der Waals surface area contributed by atoms with Crippen molar-refractivity contribution in [2.45, 2.75) is 31.5 Å². The van der Waals surface area contributed by atoms with Crippen molar-refractivity contribution >= 4 is 11.9 Å². The van der Waals surface area contributed by atoms with Gasteiger partial charge < -0.3 is 30.9 Å². The molecule has 0 aliphatic carbocycles. The van der Waals surface area contributed by atoms with E-state index in [4.69, 9.17) is 16.2 Å². The summed E-state index contributed by atoms with van der Waals surface area (Å²) in [7, 11) is 0. The Hall–Kier alpha value is -3.90. The lowest BCUT2D eigenvalue weighted by Crippen LogP contribution is -2.41. The number of aliphatic hydroxyl groups excluding tert-OH is 1.